The molecule has 2 aromatic rings. The van der Waals surface area contributed by atoms with Gasteiger partial charge in [0, 0.05) is 24.6 Å². The van der Waals surface area contributed by atoms with Gasteiger partial charge in [0.25, 0.3) is 0 Å². The van der Waals surface area contributed by atoms with E-state index in [4.69, 9.17) is 10.00 Å². The second kappa shape index (κ2) is 10.8. The number of esters is 1. The smallest absolute Gasteiger partial charge is 0.306 e. The first-order valence-electron chi connectivity index (χ1n) is 11.4. The van der Waals surface area contributed by atoms with Crippen LogP contribution in [-0.2, 0) is 9.53 Å². The van der Waals surface area contributed by atoms with Crippen molar-refractivity contribution < 1.29 is 9.53 Å². The molecule has 0 amide bonds. The van der Waals surface area contributed by atoms with E-state index in [-0.39, 0.29) is 11.9 Å². The molecule has 7 nitrogen and oxygen atoms in total. The van der Waals surface area contributed by atoms with E-state index in [0.717, 1.165) is 37.1 Å². The summed E-state index contributed by atoms with van der Waals surface area (Å²) in [6.45, 7) is 8.52. The lowest BCUT2D eigenvalue weighted by molar-refractivity contribution is -0.156. The quantitative estimate of drug-likeness (QED) is 0.456. The summed E-state index contributed by atoms with van der Waals surface area (Å²) >= 11 is 0. The van der Waals surface area contributed by atoms with Gasteiger partial charge in [0.15, 0.2) is 0 Å². The van der Waals surface area contributed by atoms with Gasteiger partial charge in [0.1, 0.15) is 11.4 Å². The summed E-state index contributed by atoms with van der Waals surface area (Å²) in [7, 11) is 0. The molecular weight excluding hydrogens is 414 g/mol. The molecule has 2 N–H and O–H groups in total. The molecule has 0 aliphatic heterocycles. The van der Waals surface area contributed by atoms with Crippen LogP contribution in [0.2, 0.25) is 0 Å². The summed E-state index contributed by atoms with van der Waals surface area (Å²) in [4.78, 5) is 21.0. The van der Waals surface area contributed by atoms with Crippen molar-refractivity contribution in [2.24, 2.45) is 11.8 Å². The van der Waals surface area contributed by atoms with Gasteiger partial charge in [-0.05, 0) is 64.2 Å². The van der Waals surface area contributed by atoms with Gasteiger partial charge < -0.3 is 15.4 Å². The Balaban J connectivity index is 1.63. The zero-order valence-electron chi connectivity index (χ0n) is 19.7. The molecule has 1 heterocycles. The van der Waals surface area contributed by atoms with Gasteiger partial charge in [-0.15, -0.1) is 0 Å². The Morgan fingerprint density at radius 3 is 2.79 bits per heavy atom. The lowest BCUT2D eigenvalue weighted by Gasteiger charge is -2.32. The maximum Gasteiger partial charge on any atom is 0.306 e. The number of nitrogens with zero attached hydrogens (tertiary/aromatic N) is 3. The van der Waals surface area contributed by atoms with Crippen LogP contribution in [-0.4, -0.2) is 28.1 Å². The van der Waals surface area contributed by atoms with E-state index in [2.05, 4.69) is 45.4 Å². The molecule has 0 unspecified atom stereocenters. The topological polar surface area (TPSA) is 99.9 Å². The van der Waals surface area contributed by atoms with Crippen molar-refractivity contribution in [2.75, 3.05) is 17.2 Å². The molecule has 1 saturated carbocycles. The third-order valence-electron chi connectivity index (χ3n) is 5.10. The standard InChI is InChI=1S/C26H31N5O2/c1-5-11-28-24-21(10-9-18-12-20(13-18)15-23(32)33-26(2,3)4)17-29-25(31-24)30-22-8-6-7-19(14-22)16-27/h6-8,14,17-18,20H,5,11-13,15H2,1-4H3,(H2,28,29,30,31). The third kappa shape index (κ3) is 7.50. The predicted molar refractivity (Wildman–Crippen MR) is 129 cm³/mol. The third-order valence-corrected chi connectivity index (χ3v) is 5.10. The molecule has 0 atom stereocenters. The fraction of sp³-hybridized carbons (Fsp3) is 0.462. The number of benzene rings is 1. The minimum atomic E-state index is -0.443. The van der Waals surface area contributed by atoms with Crippen LogP contribution in [0.1, 0.15) is 64.5 Å². The fourth-order valence-electron chi connectivity index (χ4n) is 3.53. The van der Waals surface area contributed by atoms with Gasteiger partial charge in [-0.3, -0.25) is 4.79 Å². The molecule has 0 spiro atoms. The number of nitrogens with one attached hydrogen (secondary N) is 2. The molecule has 1 aromatic carbocycles. The highest BCUT2D eigenvalue weighted by molar-refractivity contribution is 5.70. The van der Waals surface area contributed by atoms with Crippen molar-refractivity contribution in [1.82, 2.24) is 9.97 Å². The van der Waals surface area contributed by atoms with Gasteiger partial charge in [0.2, 0.25) is 5.95 Å². The minimum Gasteiger partial charge on any atom is -0.460 e. The van der Waals surface area contributed by atoms with Crippen molar-refractivity contribution in [3.8, 4) is 17.9 Å². The first-order valence-corrected chi connectivity index (χ1v) is 11.4. The number of hydrogen-bond donors (Lipinski definition) is 2. The Labute approximate surface area is 196 Å². The average molecular weight is 446 g/mol. The molecule has 1 fully saturated rings. The Morgan fingerprint density at radius 2 is 2.09 bits per heavy atom. The Morgan fingerprint density at radius 1 is 1.30 bits per heavy atom. The summed E-state index contributed by atoms with van der Waals surface area (Å²) in [6.07, 6.45) is 4.93. The van der Waals surface area contributed by atoms with Crippen LogP contribution in [0.15, 0.2) is 30.5 Å². The molecular formula is C26H31N5O2. The Bertz CT molecular complexity index is 1080. The molecule has 0 bridgehead atoms. The van der Waals surface area contributed by atoms with Gasteiger partial charge in [-0.1, -0.05) is 24.8 Å². The van der Waals surface area contributed by atoms with Gasteiger partial charge in [-0.25, -0.2) is 4.98 Å². The van der Waals surface area contributed by atoms with Crippen molar-refractivity contribution in [3.63, 3.8) is 0 Å². The first kappa shape index (κ1) is 24.1. The second-order valence-electron chi connectivity index (χ2n) is 9.29. The molecule has 0 radical (unpaired) electrons. The minimum absolute atomic E-state index is 0.137. The van der Waals surface area contributed by atoms with E-state index in [0.29, 0.717) is 29.7 Å². The van der Waals surface area contributed by atoms with Crippen molar-refractivity contribution in [3.05, 3.63) is 41.6 Å². The van der Waals surface area contributed by atoms with Crippen LogP contribution < -0.4 is 10.6 Å². The maximum absolute atomic E-state index is 12.0. The summed E-state index contributed by atoms with van der Waals surface area (Å²) in [5.41, 5.74) is 1.62. The summed E-state index contributed by atoms with van der Waals surface area (Å²) in [6, 6.07) is 9.30. The molecule has 1 aromatic heterocycles. The van der Waals surface area contributed by atoms with Gasteiger partial charge in [-0.2, -0.15) is 10.2 Å². The van der Waals surface area contributed by atoms with E-state index < -0.39 is 5.60 Å². The summed E-state index contributed by atoms with van der Waals surface area (Å²) in [5.74, 6) is 8.12. The van der Waals surface area contributed by atoms with Crippen molar-refractivity contribution >= 4 is 23.4 Å². The van der Waals surface area contributed by atoms with Crippen LogP contribution in [0.3, 0.4) is 0 Å². The van der Waals surface area contributed by atoms with Gasteiger partial charge >= 0.3 is 5.97 Å². The number of rotatable bonds is 7. The highest BCUT2D eigenvalue weighted by Crippen LogP contribution is 2.36. The first-order chi connectivity index (χ1) is 15.8. The molecule has 33 heavy (non-hydrogen) atoms. The van der Waals surface area contributed by atoms with E-state index in [1.165, 1.54) is 0 Å². The average Bonchev–Trinajstić information content (AvgIpc) is 2.73. The maximum atomic E-state index is 12.0. The fourth-order valence-corrected chi connectivity index (χ4v) is 3.53. The van der Waals surface area contributed by atoms with Crippen molar-refractivity contribution in [1.29, 1.82) is 5.26 Å². The Hall–Kier alpha value is -3.58. The van der Waals surface area contributed by atoms with Crippen LogP contribution in [0, 0.1) is 35.0 Å². The second-order valence-corrected chi connectivity index (χ2v) is 9.29. The normalized spacial score (nSPS) is 17.1. The van der Waals surface area contributed by atoms with E-state index in [1.54, 1.807) is 18.3 Å². The number of ether oxygens (including phenoxy) is 1. The molecule has 7 heteroatoms. The Kier molecular flexibility index (Phi) is 7.90. The monoisotopic (exact) mass is 445 g/mol. The highest BCUT2D eigenvalue weighted by Gasteiger charge is 2.31. The number of carbonyl (C=O) groups is 1. The molecule has 172 valence electrons. The summed E-state index contributed by atoms with van der Waals surface area (Å²) in [5, 5.41) is 15.5. The number of carbonyl (C=O) groups excluding carboxylic acids is 1. The van der Waals surface area contributed by atoms with Crippen LogP contribution >= 0.6 is 0 Å². The molecule has 3 rings (SSSR count). The van der Waals surface area contributed by atoms with E-state index >= 15 is 0 Å². The van der Waals surface area contributed by atoms with Crippen molar-refractivity contribution in [2.45, 2.75) is 59.0 Å². The number of hydrogen-bond acceptors (Lipinski definition) is 7. The van der Waals surface area contributed by atoms with Crippen LogP contribution in [0.4, 0.5) is 17.5 Å². The van der Waals surface area contributed by atoms with Gasteiger partial charge in [0.05, 0.1) is 23.4 Å². The van der Waals surface area contributed by atoms with E-state index in [9.17, 15) is 4.79 Å². The van der Waals surface area contributed by atoms with Crippen LogP contribution in [0.25, 0.3) is 0 Å². The number of nitriles is 1. The number of anilines is 3. The molecule has 0 saturated heterocycles. The lowest BCUT2D eigenvalue weighted by Crippen LogP contribution is -2.29. The summed E-state index contributed by atoms with van der Waals surface area (Å²) < 4.78 is 5.41. The largest absolute Gasteiger partial charge is 0.460 e. The zero-order valence-corrected chi connectivity index (χ0v) is 19.7. The SMILES string of the molecule is CCCNc1nc(Nc2cccc(C#N)c2)ncc1C#CC1CC(CC(=O)OC(C)(C)C)C1. The zero-order chi connectivity index (χ0) is 23.8. The molecule has 1 aliphatic rings. The molecule has 1 aliphatic carbocycles. The van der Waals surface area contributed by atoms with Crippen LogP contribution in [0.5, 0.6) is 0 Å². The lowest BCUT2D eigenvalue weighted by atomic mass is 9.73. The van der Waals surface area contributed by atoms with E-state index in [1.807, 2.05) is 32.9 Å². The number of aromatic nitrogens is 2. The predicted octanol–water partition coefficient (Wildman–Crippen LogP) is 5.02. The highest BCUT2D eigenvalue weighted by atomic mass is 16.6.